The van der Waals surface area contributed by atoms with Gasteiger partial charge in [-0.2, -0.15) is 4.98 Å². The molecule has 0 spiro atoms. The van der Waals surface area contributed by atoms with Crippen LogP contribution >= 0.6 is 0 Å². The Morgan fingerprint density at radius 3 is 3.04 bits per heavy atom. The highest BCUT2D eigenvalue weighted by atomic mass is 19.1. The SMILES string of the molecule is CN1CCCCC[C@@H]1C(=O)NCc1nc(-c2ccccc2F)no1. The van der Waals surface area contributed by atoms with Gasteiger partial charge in [-0.05, 0) is 38.6 Å². The van der Waals surface area contributed by atoms with Crippen LogP contribution in [0.4, 0.5) is 4.39 Å². The number of benzene rings is 1. The number of carbonyl (C=O) groups excluding carboxylic acids is 1. The maximum Gasteiger partial charge on any atom is 0.246 e. The monoisotopic (exact) mass is 332 g/mol. The lowest BCUT2D eigenvalue weighted by Crippen LogP contribution is -2.44. The van der Waals surface area contributed by atoms with E-state index in [0.29, 0.717) is 0 Å². The van der Waals surface area contributed by atoms with Crippen molar-refractivity contribution < 1.29 is 13.7 Å². The van der Waals surface area contributed by atoms with Gasteiger partial charge in [-0.25, -0.2) is 4.39 Å². The van der Waals surface area contributed by atoms with Crippen molar-refractivity contribution in [1.82, 2.24) is 20.4 Å². The Morgan fingerprint density at radius 2 is 2.21 bits per heavy atom. The normalized spacial score (nSPS) is 19.0. The molecule has 0 aliphatic carbocycles. The van der Waals surface area contributed by atoms with E-state index in [1.165, 1.54) is 6.07 Å². The number of likely N-dealkylation sites (tertiary alicyclic amines) is 1. The first kappa shape index (κ1) is 16.6. The van der Waals surface area contributed by atoms with Gasteiger partial charge in [0.05, 0.1) is 18.2 Å². The van der Waals surface area contributed by atoms with Gasteiger partial charge in [-0.15, -0.1) is 0 Å². The maximum atomic E-state index is 13.7. The van der Waals surface area contributed by atoms with Crippen LogP contribution in [0.3, 0.4) is 0 Å². The molecule has 7 heteroatoms. The molecule has 0 bridgehead atoms. The van der Waals surface area contributed by atoms with Crippen molar-refractivity contribution >= 4 is 5.91 Å². The van der Waals surface area contributed by atoms with Gasteiger partial charge in [-0.1, -0.05) is 30.1 Å². The largest absolute Gasteiger partial charge is 0.346 e. The minimum Gasteiger partial charge on any atom is -0.346 e. The van der Waals surface area contributed by atoms with Crippen molar-refractivity contribution in [1.29, 1.82) is 0 Å². The second kappa shape index (κ2) is 7.53. The number of hydrogen-bond donors (Lipinski definition) is 1. The Morgan fingerprint density at radius 1 is 1.38 bits per heavy atom. The molecule has 1 aromatic heterocycles. The molecule has 1 aliphatic rings. The molecule has 1 atom stereocenters. The first-order valence-electron chi connectivity index (χ1n) is 8.20. The quantitative estimate of drug-likeness (QED) is 0.931. The third-order valence-electron chi connectivity index (χ3n) is 4.32. The van der Waals surface area contributed by atoms with Gasteiger partial charge in [-0.3, -0.25) is 9.69 Å². The van der Waals surface area contributed by atoms with E-state index in [4.69, 9.17) is 4.52 Å². The van der Waals surface area contributed by atoms with E-state index in [1.54, 1.807) is 18.2 Å². The molecular weight excluding hydrogens is 311 g/mol. The standard InChI is InChI=1S/C17H21FN4O2/c1-22-10-6-2-3-9-14(22)17(23)19-11-15-20-16(21-24-15)12-7-4-5-8-13(12)18/h4-5,7-8,14H,2-3,6,9-11H2,1H3,(H,19,23)/t14-/m1/s1. The smallest absolute Gasteiger partial charge is 0.246 e. The van der Waals surface area contributed by atoms with Gasteiger partial charge in [0.15, 0.2) is 0 Å². The summed E-state index contributed by atoms with van der Waals surface area (Å²) in [5.41, 5.74) is 0.280. The average molecular weight is 332 g/mol. The molecule has 1 N–H and O–H groups in total. The molecule has 6 nitrogen and oxygen atoms in total. The lowest BCUT2D eigenvalue weighted by molar-refractivity contribution is -0.126. The van der Waals surface area contributed by atoms with Crippen LogP contribution in [-0.4, -0.2) is 40.6 Å². The first-order valence-corrected chi connectivity index (χ1v) is 8.20. The zero-order valence-electron chi connectivity index (χ0n) is 13.7. The van der Waals surface area contributed by atoms with Gasteiger partial charge in [0, 0.05) is 0 Å². The average Bonchev–Trinajstić information content (AvgIpc) is 2.94. The first-order chi connectivity index (χ1) is 11.6. The summed E-state index contributed by atoms with van der Waals surface area (Å²) < 4.78 is 18.8. The number of nitrogens with one attached hydrogen (secondary N) is 1. The van der Waals surface area contributed by atoms with Crippen LogP contribution < -0.4 is 5.32 Å². The third-order valence-corrected chi connectivity index (χ3v) is 4.32. The lowest BCUT2D eigenvalue weighted by atomic mass is 10.1. The van der Waals surface area contributed by atoms with Crippen LogP contribution in [0.5, 0.6) is 0 Å². The molecule has 2 aromatic rings. The number of amides is 1. The van der Waals surface area contributed by atoms with Crippen molar-refractivity contribution in [2.24, 2.45) is 0 Å². The van der Waals surface area contributed by atoms with Gasteiger partial charge in [0.2, 0.25) is 17.6 Å². The molecule has 128 valence electrons. The molecular formula is C17H21FN4O2. The van der Waals surface area contributed by atoms with E-state index < -0.39 is 5.82 Å². The van der Waals surface area contributed by atoms with Crippen LogP contribution in [0.15, 0.2) is 28.8 Å². The van der Waals surface area contributed by atoms with Gasteiger partial charge < -0.3 is 9.84 Å². The zero-order valence-corrected chi connectivity index (χ0v) is 13.7. The van der Waals surface area contributed by atoms with E-state index in [9.17, 15) is 9.18 Å². The van der Waals surface area contributed by atoms with Crippen molar-refractivity contribution in [2.75, 3.05) is 13.6 Å². The predicted octanol–water partition coefficient (Wildman–Crippen LogP) is 2.37. The van der Waals surface area contributed by atoms with E-state index in [1.807, 2.05) is 7.05 Å². The number of hydrogen-bond acceptors (Lipinski definition) is 5. The summed E-state index contributed by atoms with van der Waals surface area (Å²) in [4.78, 5) is 18.6. The number of nitrogens with zero attached hydrogens (tertiary/aromatic N) is 3. The molecule has 0 saturated carbocycles. The molecule has 2 heterocycles. The summed E-state index contributed by atoms with van der Waals surface area (Å²) >= 11 is 0. The highest BCUT2D eigenvalue weighted by molar-refractivity contribution is 5.81. The van der Waals surface area contributed by atoms with Crippen LogP contribution in [0, 0.1) is 5.82 Å². The summed E-state index contributed by atoms with van der Waals surface area (Å²) in [6.45, 7) is 1.07. The Hall–Kier alpha value is -2.28. The summed E-state index contributed by atoms with van der Waals surface area (Å²) in [7, 11) is 1.97. The summed E-state index contributed by atoms with van der Waals surface area (Å²) in [6, 6.07) is 6.11. The van der Waals surface area contributed by atoms with Crippen LogP contribution in [-0.2, 0) is 11.3 Å². The van der Waals surface area contributed by atoms with Crippen molar-refractivity contribution in [3.8, 4) is 11.4 Å². The molecule has 1 aromatic carbocycles. The van der Waals surface area contributed by atoms with Gasteiger partial charge >= 0.3 is 0 Å². The van der Waals surface area contributed by atoms with E-state index in [0.717, 1.165) is 32.2 Å². The summed E-state index contributed by atoms with van der Waals surface area (Å²) in [5, 5.41) is 6.62. The second-order valence-electron chi connectivity index (χ2n) is 6.06. The summed E-state index contributed by atoms with van der Waals surface area (Å²) in [6.07, 6.45) is 4.19. The van der Waals surface area contributed by atoms with Crippen molar-refractivity contribution in [3.63, 3.8) is 0 Å². The van der Waals surface area contributed by atoms with Crippen LogP contribution in [0.1, 0.15) is 31.6 Å². The topological polar surface area (TPSA) is 71.3 Å². The number of likely N-dealkylation sites (N-methyl/N-ethyl adjacent to an activating group) is 1. The Kier molecular flexibility index (Phi) is 5.20. The number of halogens is 1. The molecule has 1 saturated heterocycles. The number of aromatic nitrogens is 2. The Balaban J connectivity index is 1.61. The van der Waals surface area contributed by atoms with E-state index in [2.05, 4.69) is 20.4 Å². The summed E-state index contributed by atoms with van der Waals surface area (Å²) in [5.74, 6) is 0.000758. The van der Waals surface area contributed by atoms with Gasteiger partial charge in [0.1, 0.15) is 5.82 Å². The van der Waals surface area contributed by atoms with Crippen LogP contribution in [0.2, 0.25) is 0 Å². The fourth-order valence-corrected chi connectivity index (χ4v) is 2.94. The van der Waals surface area contributed by atoms with E-state index >= 15 is 0 Å². The van der Waals surface area contributed by atoms with Crippen molar-refractivity contribution in [2.45, 2.75) is 38.3 Å². The molecule has 1 amide bonds. The third kappa shape index (κ3) is 3.79. The van der Waals surface area contributed by atoms with E-state index in [-0.39, 0.29) is 35.8 Å². The molecule has 0 radical (unpaired) electrons. The minimum atomic E-state index is -0.408. The fraction of sp³-hybridized carbons (Fsp3) is 0.471. The highest BCUT2D eigenvalue weighted by Crippen LogP contribution is 2.19. The minimum absolute atomic E-state index is 0.0370. The fourth-order valence-electron chi connectivity index (χ4n) is 2.94. The predicted molar refractivity (Wildman–Crippen MR) is 86.4 cm³/mol. The highest BCUT2D eigenvalue weighted by Gasteiger charge is 2.24. The van der Waals surface area contributed by atoms with Crippen molar-refractivity contribution in [3.05, 3.63) is 36.0 Å². The Bertz CT molecular complexity index is 703. The second-order valence-corrected chi connectivity index (χ2v) is 6.06. The maximum absolute atomic E-state index is 13.7. The molecule has 0 unspecified atom stereocenters. The Labute approximate surface area is 140 Å². The lowest BCUT2D eigenvalue weighted by Gasteiger charge is -2.24. The molecule has 3 rings (SSSR count). The zero-order chi connectivity index (χ0) is 16.9. The number of rotatable bonds is 4. The molecule has 1 aliphatic heterocycles. The molecule has 24 heavy (non-hydrogen) atoms. The number of carbonyl (C=O) groups is 1. The molecule has 1 fully saturated rings. The van der Waals surface area contributed by atoms with Gasteiger partial charge in [0.25, 0.3) is 0 Å². The van der Waals surface area contributed by atoms with Crippen LogP contribution in [0.25, 0.3) is 11.4 Å².